The van der Waals surface area contributed by atoms with Gasteiger partial charge in [0.25, 0.3) is 5.91 Å². The lowest BCUT2D eigenvalue weighted by molar-refractivity contribution is 0.0938. The zero-order chi connectivity index (χ0) is 13.8. The van der Waals surface area contributed by atoms with E-state index in [0.717, 1.165) is 12.8 Å². The molecule has 0 saturated heterocycles. The maximum Gasteiger partial charge on any atom is 0.269 e. The van der Waals surface area contributed by atoms with E-state index in [0.29, 0.717) is 12.2 Å². The van der Waals surface area contributed by atoms with E-state index in [4.69, 9.17) is 0 Å². The lowest BCUT2D eigenvalue weighted by Crippen LogP contribution is -2.38. The average molecular weight is 286 g/mol. The van der Waals surface area contributed by atoms with Crippen LogP contribution in [-0.4, -0.2) is 17.4 Å². The van der Waals surface area contributed by atoms with Gasteiger partial charge < -0.3 is 5.32 Å². The maximum absolute atomic E-state index is 12.1. The van der Waals surface area contributed by atoms with Gasteiger partial charge in [-0.1, -0.05) is 25.0 Å². The Balaban J connectivity index is 1.71. The number of nitrogens with zero attached hydrogens (tertiary/aromatic N) is 1. The van der Waals surface area contributed by atoms with Crippen molar-refractivity contribution < 1.29 is 4.79 Å². The Bertz CT molecular complexity index is 559. The summed E-state index contributed by atoms with van der Waals surface area (Å²) < 4.78 is 0. The van der Waals surface area contributed by atoms with E-state index in [9.17, 15) is 4.79 Å². The highest BCUT2D eigenvalue weighted by atomic mass is 32.1. The SMILES string of the molecule is O=C(NCC1(c2cccs2)CCCC1)c1ccccn1. The molecule has 2 heterocycles. The molecule has 3 rings (SSSR count). The molecule has 0 spiro atoms. The van der Waals surface area contributed by atoms with Crippen molar-refractivity contribution in [3.8, 4) is 0 Å². The minimum absolute atomic E-state index is 0.0755. The summed E-state index contributed by atoms with van der Waals surface area (Å²) >= 11 is 1.80. The van der Waals surface area contributed by atoms with Crippen molar-refractivity contribution in [2.45, 2.75) is 31.1 Å². The molecule has 1 saturated carbocycles. The molecule has 1 aliphatic rings. The van der Waals surface area contributed by atoms with Crippen LogP contribution in [0.5, 0.6) is 0 Å². The molecular weight excluding hydrogens is 268 g/mol. The van der Waals surface area contributed by atoms with Crippen molar-refractivity contribution in [1.29, 1.82) is 0 Å². The van der Waals surface area contributed by atoms with Crippen LogP contribution in [0.25, 0.3) is 0 Å². The topological polar surface area (TPSA) is 42.0 Å². The van der Waals surface area contributed by atoms with Crippen molar-refractivity contribution >= 4 is 17.2 Å². The number of thiophene rings is 1. The molecule has 2 aromatic rings. The third-order valence-corrected chi connectivity index (χ3v) is 5.21. The van der Waals surface area contributed by atoms with Crippen LogP contribution in [0.2, 0.25) is 0 Å². The zero-order valence-corrected chi connectivity index (χ0v) is 12.2. The molecular formula is C16H18N2OS. The van der Waals surface area contributed by atoms with Crippen LogP contribution in [0.15, 0.2) is 41.9 Å². The summed E-state index contributed by atoms with van der Waals surface area (Å²) in [5.41, 5.74) is 0.630. The van der Waals surface area contributed by atoms with E-state index in [1.807, 2.05) is 12.1 Å². The lowest BCUT2D eigenvalue weighted by Gasteiger charge is -2.28. The Labute approximate surface area is 123 Å². The minimum Gasteiger partial charge on any atom is -0.350 e. The Hall–Kier alpha value is -1.68. The van der Waals surface area contributed by atoms with Gasteiger partial charge in [0, 0.05) is 23.0 Å². The highest BCUT2D eigenvalue weighted by molar-refractivity contribution is 7.10. The van der Waals surface area contributed by atoms with Crippen molar-refractivity contribution in [2.75, 3.05) is 6.54 Å². The molecule has 20 heavy (non-hydrogen) atoms. The summed E-state index contributed by atoms with van der Waals surface area (Å²) in [5, 5.41) is 5.20. The number of amides is 1. The Morgan fingerprint density at radius 2 is 2.10 bits per heavy atom. The van der Waals surface area contributed by atoms with Gasteiger partial charge in [-0.3, -0.25) is 9.78 Å². The van der Waals surface area contributed by atoms with Crippen LogP contribution in [0.1, 0.15) is 41.0 Å². The molecule has 1 fully saturated rings. The van der Waals surface area contributed by atoms with Crippen LogP contribution >= 0.6 is 11.3 Å². The van der Waals surface area contributed by atoms with Gasteiger partial charge in [0.2, 0.25) is 0 Å². The van der Waals surface area contributed by atoms with Crippen molar-refractivity contribution in [3.05, 3.63) is 52.5 Å². The smallest absolute Gasteiger partial charge is 0.269 e. The number of pyridine rings is 1. The second-order valence-corrected chi connectivity index (χ2v) is 6.31. The molecule has 1 amide bonds. The number of hydrogen-bond acceptors (Lipinski definition) is 3. The number of carbonyl (C=O) groups excluding carboxylic acids is 1. The monoisotopic (exact) mass is 286 g/mol. The van der Waals surface area contributed by atoms with Crippen LogP contribution in [-0.2, 0) is 5.41 Å². The first kappa shape index (κ1) is 13.3. The Morgan fingerprint density at radius 3 is 2.75 bits per heavy atom. The van der Waals surface area contributed by atoms with E-state index in [2.05, 4.69) is 27.8 Å². The predicted octanol–water partition coefficient (Wildman–Crippen LogP) is 3.38. The molecule has 1 N–H and O–H groups in total. The number of rotatable bonds is 4. The van der Waals surface area contributed by atoms with Gasteiger partial charge in [0.05, 0.1) is 0 Å². The average Bonchev–Trinajstić information content (AvgIpc) is 3.17. The molecule has 0 unspecified atom stereocenters. The first-order chi connectivity index (χ1) is 9.80. The highest BCUT2D eigenvalue weighted by Crippen LogP contribution is 2.42. The molecule has 1 aliphatic carbocycles. The summed E-state index contributed by atoms with van der Waals surface area (Å²) in [4.78, 5) is 17.6. The van der Waals surface area contributed by atoms with Crippen molar-refractivity contribution in [2.24, 2.45) is 0 Å². The summed E-state index contributed by atoms with van der Waals surface area (Å²) in [5.74, 6) is -0.0755. The lowest BCUT2D eigenvalue weighted by atomic mass is 9.84. The Kier molecular flexibility index (Phi) is 3.83. The standard InChI is InChI=1S/C16H18N2OS/c19-15(13-6-1-4-10-17-13)18-12-16(8-2-3-9-16)14-7-5-11-20-14/h1,4-7,10-11H,2-3,8-9,12H2,(H,18,19). The molecule has 0 bridgehead atoms. The van der Waals surface area contributed by atoms with Gasteiger partial charge in [-0.15, -0.1) is 11.3 Å². The van der Waals surface area contributed by atoms with Gasteiger partial charge in [0.15, 0.2) is 0 Å². The van der Waals surface area contributed by atoms with E-state index < -0.39 is 0 Å². The van der Waals surface area contributed by atoms with E-state index in [1.54, 1.807) is 23.6 Å². The van der Waals surface area contributed by atoms with Gasteiger partial charge >= 0.3 is 0 Å². The fourth-order valence-electron chi connectivity index (χ4n) is 2.98. The molecule has 0 aromatic carbocycles. The van der Waals surface area contributed by atoms with Crippen LogP contribution in [0, 0.1) is 0 Å². The van der Waals surface area contributed by atoms with Crippen LogP contribution < -0.4 is 5.32 Å². The van der Waals surface area contributed by atoms with Crippen LogP contribution in [0.4, 0.5) is 0 Å². The third-order valence-electron chi connectivity index (χ3n) is 4.09. The molecule has 2 aromatic heterocycles. The first-order valence-corrected chi connectivity index (χ1v) is 7.91. The van der Waals surface area contributed by atoms with Crippen molar-refractivity contribution in [1.82, 2.24) is 10.3 Å². The van der Waals surface area contributed by atoms with E-state index >= 15 is 0 Å². The largest absolute Gasteiger partial charge is 0.350 e. The highest BCUT2D eigenvalue weighted by Gasteiger charge is 2.36. The Morgan fingerprint density at radius 1 is 1.25 bits per heavy atom. The van der Waals surface area contributed by atoms with Gasteiger partial charge in [-0.2, -0.15) is 0 Å². The quantitative estimate of drug-likeness (QED) is 0.936. The second kappa shape index (κ2) is 5.75. The summed E-state index contributed by atoms with van der Waals surface area (Å²) in [6, 6.07) is 9.71. The van der Waals surface area contributed by atoms with E-state index in [1.165, 1.54) is 17.7 Å². The predicted molar refractivity (Wildman–Crippen MR) is 81.0 cm³/mol. The normalized spacial score (nSPS) is 17.0. The molecule has 3 nitrogen and oxygen atoms in total. The third kappa shape index (κ3) is 2.61. The summed E-state index contributed by atoms with van der Waals surface area (Å²) in [6.45, 7) is 0.711. The zero-order valence-electron chi connectivity index (χ0n) is 11.3. The van der Waals surface area contributed by atoms with Crippen molar-refractivity contribution in [3.63, 3.8) is 0 Å². The van der Waals surface area contributed by atoms with Gasteiger partial charge in [0.1, 0.15) is 5.69 Å². The molecule has 104 valence electrons. The molecule has 0 radical (unpaired) electrons. The fourth-order valence-corrected chi connectivity index (χ4v) is 3.97. The summed E-state index contributed by atoms with van der Waals surface area (Å²) in [7, 11) is 0. The van der Waals surface area contributed by atoms with Crippen LogP contribution in [0.3, 0.4) is 0 Å². The fraction of sp³-hybridized carbons (Fsp3) is 0.375. The minimum atomic E-state index is -0.0755. The van der Waals surface area contributed by atoms with E-state index in [-0.39, 0.29) is 11.3 Å². The summed E-state index contributed by atoms with van der Waals surface area (Å²) in [6.07, 6.45) is 6.47. The van der Waals surface area contributed by atoms with Gasteiger partial charge in [-0.25, -0.2) is 0 Å². The molecule has 4 heteroatoms. The second-order valence-electron chi connectivity index (χ2n) is 5.36. The maximum atomic E-state index is 12.1. The number of carbonyl (C=O) groups is 1. The number of aromatic nitrogens is 1. The van der Waals surface area contributed by atoms with Gasteiger partial charge in [-0.05, 0) is 36.4 Å². The molecule has 0 aliphatic heterocycles. The molecule has 0 atom stereocenters. The number of hydrogen-bond donors (Lipinski definition) is 1. The first-order valence-electron chi connectivity index (χ1n) is 7.03. The number of nitrogens with one attached hydrogen (secondary N) is 1.